The van der Waals surface area contributed by atoms with Crippen LogP contribution in [0.1, 0.15) is 12.0 Å². The van der Waals surface area contributed by atoms with Crippen molar-refractivity contribution in [2.24, 2.45) is 0 Å². The number of thioether (sulfide) groups is 1. The molecule has 0 bridgehead atoms. The number of fused-ring (bicyclic) bond motifs is 1. The molecule has 1 aromatic carbocycles. The Balaban J connectivity index is 1.99. The summed E-state index contributed by atoms with van der Waals surface area (Å²) in [4.78, 5) is 36.7. The Morgan fingerprint density at radius 3 is 2.77 bits per heavy atom. The first-order chi connectivity index (χ1) is 10.5. The number of nitrogens with zero attached hydrogens (tertiary/aromatic N) is 1. The first kappa shape index (κ1) is 14.7. The van der Waals surface area contributed by atoms with Crippen LogP contribution in [-0.2, 0) is 14.4 Å². The minimum absolute atomic E-state index is 0.0000455. The van der Waals surface area contributed by atoms with Crippen LogP contribution in [0, 0.1) is 0 Å². The van der Waals surface area contributed by atoms with Crippen LogP contribution in [0.15, 0.2) is 29.2 Å². The molecule has 3 rings (SSSR count). The zero-order valence-corrected chi connectivity index (χ0v) is 12.8. The summed E-state index contributed by atoms with van der Waals surface area (Å²) < 4.78 is 0.269. The molecule has 1 aromatic rings. The van der Waals surface area contributed by atoms with Crippen molar-refractivity contribution in [2.45, 2.75) is 6.42 Å². The van der Waals surface area contributed by atoms with Gasteiger partial charge in [-0.15, -0.1) is 0 Å². The van der Waals surface area contributed by atoms with E-state index < -0.39 is 11.9 Å². The van der Waals surface area contributed by atoms with Crippen LogP contribution in [0.2, 0.25) is 0 Å². The average Bonchev–Trinajstić information content (AvgIpc) is 2.93. The number of rotatable bonds is 3. The third kappa shape index (κ3) is 2.40. The van der Waals surface area contributed by atoms with E-state index >= 15 is 0 Å². The van der Waals surface area contributed by atoms with Crippen molar-refractivity contribution < 1.29 is 19.5 Å². The fourth-order valence-electron chi connectivity index (χ4n) is 2.29. The number of thiocarbonyl (C=S) groups is 1. The van der Waals surface area contributed by atoms with Crippen LogP contribution in [0.4, 0.5) is 5.69 Å². The minimum Gasteiger partial charge on any atom is -0.481 e. The molecule has 0 aliphatic carbocycles. The van der Waals surface area contributed by atoms with E-state index in [9.17, 15) is 14.4 Å². The van der Waals surface area contributed by atoms with Crippen molar-refractivity contribution in [2.75, 3.05) is 11.9 Å². The highest BCUT2D eigenvalue weighted by molar-refractivity contribution is 8.26. The van der Waals surface area contributed by atoms with Gasteiger partial charge in [0.25, 0.3) is 11.8 Å². The predicted octanol–water partition coefficient (Wildman–Crippen LogP) is 1.68. The number of nitrogens with one attached hydrogen (secondary N) is 1. The monoisotopic (exact) mass is 334 g/mol. The Labute approximate surface area is 135 Å². The second-order valence-corrected chi connectivity index (χ2v) is 6.32. The van der Waals surface area contributed by atoms with Crippen LogP contribution in [0.5, 0.6) is 0 Å². The fourth-order valence-corrected chi connectivity index (χ4v) is 3.68. The van der Waals surface area contributed by atoms with Gasteiger partial charge in [-0.1, -0.05) is 42.2 Å². The van der Waals surface area contributed by atoms with Crippen molar-refractivity contribution in [3.8, 4) is 0 Å². The van der Waals surface area contributed by atoms with Crippen LogP contribution in [0.25, 0.3) is 5.57 Å². The zero-order valence-electron chi connectivity index (χ0n) is 11.2. The van der Waals surface area contributed by atoms with Gasteiger partial charge in [0.15, 0.2) is 0 Å². The number of amides is 2. The standard InChI is InChI=1S/C14H10N2O4S2/c17-9(18)5-6-16-13(20)11(22-14(16)21)10-7-3-1-2-4-8(7)15-12(10)19/h1-4H,5-6H2,(H,15,19)(H,17,18)/b11-10+. The molecular formula is C14H10N2O4S2. The average molecular weight is 334 g/mol. The summed E-state index contributed by atoms with van der Waals surface area (Å²) in [5.74, 6) is -1.77. The fraction of sp³-hybridized carbons (Fsp3) is 0.143. The van der Waals surface area contributed by atoms with Gasteiger partial charge in [0.05, 0.1) is 16.9 Å². The van der Waals surface area contributed by atoms with E-state index in [1.165, 1.54) is 4.90 Å². The molecule has 0 atom stereocenters. The second-order valence-electron chi connectivity index (χ2n) is 4.67. The van der Waals surface area contributed by atoms with E-state index in [0.717, 1.165) is 11.8 Å². The summed E-state index contributed by atoms with van der Waals surface area (Å²) in [5, 5.41) is 11.4. The summed E-state index contributed by atoms with van der Waals surface area (Å²) in [5.41, 5.74) is 1.61. The van der Waals surface area contributed by atoms with E-state index in [2.05, 4.69) is 5.32 Å². The van der Waals surface area contributed by atoms with Gasteiger partial charge in [-0.25, -0.2) is 0 Å². The number of carboxylic acids is 1. The van der Waals surface area contributed by atoms with Crippen LogP contribution in [-0.4, -0.2) is 38.7 Å². The summed E-state index contributed by atoms with van der Waals surface area (Å²) >= 11 is 6.16. The van der Waals surface area contributed by atoms with Gasteiger partial charge in [0, 0.05) is 17.8 Å². The molecule has 8 heteroatoms. The number of aliphatic carboxylic acids is 1. The first-order valence-electron chi connectivity index (χ1n) is 6.39. The minimum atomic E-state index is -1.01. The molecule has 0 saturated carbocycles. The van der Waals surface area contributed by atoms with E-state index in [1.807, 2.05) is 0 Å². The zero-order chi connectivity index (χ0) is 15.9. The molecule has 1 fully saturated rings. The Hall–Kier alpha value is -2.19. The third-order valence-corrected chi connectivity index (χ3v) is 4.75. The predicted molar refractivity (Wildman–Crippen MR) is 86.1 cm³/mol. The Kier molecular flexibility index (Phi) is 3.71. The topological polar surface area (TPSA) is 86.7 Å². The highest BCUT2D eigenvalue weighted by Crippen LogP contribution is 2.41. The van der Waals surface area contributed by atoms with Gasteiger partial charge in [-0.2, -0.15) is 0 Å². The number of benzene rings is 1. The van der Waals surface area contributed by atoms with Crippen LogP contribution < -0.4 is 5.32 Å². The highest BCUT2D eigenvalue weighted by atomic mass is 32.2. The van der Waals surface area contributed by atoms with Gasteiger partial charge in [0.1, 0.15) is 4.32 Å². The lowest BCUT2D eigenvalue weighted by atomic mass is 10.1. The number of hydrogen-bond acceptors (Lipinski definition) is 5. The Morgan fingerprint density at radius 2 is 2.05 bits per heavy atom. The molecule has 0 radical (unpaired) electrons. The molecule has 2 aliphatic rings. The Bertz CT molecular complexity index is 757. The van der Waals surface area contributed by atoms with Crippen LogP contribution in [0.3, 0.4) is 0 Å². The number of carbonyl (C=O) groups excluding carboxylic acids is 2. The maximum absolute atomic E-state index is 12.5. The summed E-state index contributed by atoms with van der Waals surface area (Å²) in [6.07, 6.45) is -0.197. The third-order valence-electron chi connectivity index (χ3n) is 3.30. The quantitative estimate of drug-likeness (QED) is 0.646. The van der Waals surface area contributed by atoms with Gasteiger partial charge in [-0.3, -0.25) is 19.3 Å². The SMILES string of the molecule is O=C(O)CCN1C(=O)/C(=C2\C(=O)Nc3ccccc32)SC1=S. The number of carboxylic acid groups (broad SMARTS) is 1. The highest BCUT2D eigenvalue weighted by Gasteiger charge is 2.39. The first-order valence-corrected chi connectivity index (χ1v) is 7.62. The van der Waals surface area contributed by atoms with E-state index in [-0.39, 0.29) is 28.1 Å². The molecule has 0 unspecified atom stereocenters. The molecule has 2 heterocycles. The normalized spacial score (nSPS) is 20.4. The van der Waals surface area contributed by atoms with Gasteiger partial charge in [-0.05, 0) is 6.07 Å². The molecule has 0 spiro atoms. The summed E-state index contributed by atoms with van der Waals surface area (Å²) in [6, 6.07) is 7.09. The molecule has 1 saturated heterocycles. The van der Waals surface area contributed by atoms with E-state index in [1.54, 1.807) is 24.3 Å². The smallest absolute Gasteiger partial charge is 0.305 e. The lowest BCUT2D eigenvalue weighted by Crippen LogP contribution is -2.30. The molecule has 6 nitrogen and oxygen atoms in total. The van der Waals surface area contributed by atoms with E-state index in [0.29, 0.717) is 16.8 Å². The van der Waals surface area contributed by atoms with Gasteiger partial charge < -0.3 is 10.4 Å². The Morgan fingerprint density at radius 1 is 1.32 bits per heavy atom. The lowest BCUT2D eigenvalue weighted by Gasteiger charge is -2.12. The summed E-state index contributed by atoms with van der Waals surface area (Å²) in [7, 11) is 0. The number of para-hydroxylation sites is 1. The largest absolute Gasteiger partial charge is 0.481 e. The van der Waals surface area contributed by atoms with Gasteiger partial charge in [0.2, 0.25) is 0 Å². The maximum Gasteiger partial charge on any atom is 0.305 e. The van der Waals surface area contributed by atoms with E-state index in [4.69, 9.17) is 17.3 Å². The summed E-state index contributed by atoms with van der Waals surface area (Å²) in [6.45, 7) is 0.0000455. The molecule has 2 N–H and O–H groups in total. The molecule has 112 valence electrons. The second kappa shape index (κ2) is 5.54. The van der Waals surface area contributed by atoms with Crippen molar-refractivity contribution in [1.29, 1.82) is 0 Å². The molecule has 2 aliphatic heterocycles. The molecular weight excluding hydrogens is 324 g/mol. The van der Waals surface area contributed by atoms with Gasteiger partial charge >= 0.3 is 5.97 Å². The maximum atomic E-state index is 12.5. The number of hydrogen-bond donors (Lipinski definition) is 2. The number of carbonyl (C=O) groups is 3. The molecule has 2 amide bonds. The number of anilines is 1. The van der Waals surface area contributed by atoms with Crippen LogP contribution >= 0.6 is 24.0 Å². The van der Waals surface area contributed by atoms with Crippen molar-refractivity contribution in [3.63, 3.8) is 0 Å². The van der Waals surface area contributed by atoms with Crippen molar-refractivity contribution in [3.05, 3.63) is 34.7 Å². The molecule has 22 heavy (non-hydrogen) atoms. The van der Waals surface area contributed by atoms with Crippen molar-refractivity contribution in [1.82, 2.24) is 4.90 Å². The lowest BCUT2D eigenvalue weighted by molar-refractivity contribution is -0.137. The van der Waals surface area contributed by atoms with Crippen molar-refractivity contribution >= 4 is 57.3 Å². The molecule has 0 aromatic heterocycles.